The first-order chi connectivity index (χ1) is 8.97. The first-order valence-electron chi connectivity index (χ1n) is 5.53. The molecule has 98 valence electrons. The molecule has 0 spiro atoms. The van der Waals surface area contributed by atoms with Gasteiger partial charge in [0, 0.05) is 10.6 Å². The zero-order chi connectivity index (χ0) is 14.0. The number of amides is 1. The van der Waals surface area contributed by atoms with Crippen molar-refractivity contribution in [3.8, 4) is 0 Å². The molecule has 0 saturated heterocycles. The average Bonchev–Trinajstić information content (AvgIpc) is 2.36. The zero-order valence-corrected chi connectivity index (χ0v) is 11.7. The Morgan fingerprint density at radius 3 is 2.68 bits per heavy atom. The Kier molecular flexibility index (Phi) is 4.12. The summed E-state index contributed by atoms with van der Waals surface area (Å²) < 4.78 is 13.1. The van der Waals surface area contributed by atoms with E-state index >= 15 is 0 Å². The van der Waals surface area contributed by atoms with Crippen LogP contribution in [0.1, 0.15) is 15.9 Å². The number of aryl methyl sites for hydroxylation is 1. The van der Waals surface area contributed by atoms with Crippen molar-refractivity contribution in [1.82, 2.24) is 0 Å². The molecule has 2 aromatic rings. The van der Waals surface area contributed by atoms with E-state index in [1.165, 1.54) is 12.1 Å². The molecule has 0 bridgehead atoms. The third-order valence-corrected chi connectivity index (χ3v) is 3.22. The van der Waals surface area contributed by atoms with Gasteiger partial charge in [0.25, 0.3) is 5.91 Å². The summed E-state index contributed by atoms with van der Waals surface area (Å²) in [6.07, 6.45) is 0. The number of carbonyl (C=O) groups is 1. The molecule has 2 aromatic carbocycles. The van der Waals surface area contributed by atoms with Crippen LogP contribution >= 0.6 is 24.2 Å². The molecule has 5 heteroatoms. The standard InChI is InChI=1S/C14H11ClFNOS/c1-8-6-9(2-5-13(8)16)17-14(18)11-7-10(19)3-4-12(11)15/h2-7,19H,1H3,(H,17,18). The van der Waals surface area contributed by atoms with Crippen LogP contribution in [0.25, 0.3) is 0 Å². The van der Waals surface area contributed by atoms with Crippen LogP contribution in [0.5, 0.6) is 0 Å². The van der Waals surface area contributed by atoms with E-state index in [9.17, 15) is 9.18 Å². The highest BCUT2D eigenvalue weighted by Gasteiger charge is 2.11. The van der Waals surface area contributed by atoms with E-state index in [2.05, 4.69) is 17.9 Å². The molecule has 0 aliphatic carbocycles. The number of thiol groups is 1. The number of halogens is 2. The summed E-state index contributed by atoms with van der Waals surface area (Å²) in [7, 11) is 0. The van der Waals surface area contributed by atoms with Crippen molar-refractivity contribution < 1.29 is 9.18 Å². The van der Waals surface area contributed by atoms with E-state index in [-0.39, 0.29) is 11.7 Å². The topological polar surface area (TPSA) is 29.1 Å². The van der Waals surface area contributed by atoms with Crippen LogP contribution < -0.4 is 5.32 Å². The van der Waals surface area contributed by atoms with Crippen LogP contribution in [-0.2, 0) is 0 Å². The third-order valence-electron chi connectivity index (χ3n) is 2.61. The second-order valence-electron chi connectivity index (χ2n) is 4.08. The quantitative estimate of drug-likeness (QED) is 0.793. The van der Waals surface area contributed by atoms with Crippen LogP contribution in [0.15, 0.2) is 41.3 Å². The number of rotatable bonds is 2. The summed E-state index contributed by atoms with van der Waals surface area (Å²) in [5.41, 5.74) is 1.31. The monoisotopic (exact) mass is 295 g/mol. The molecule has 0 heterocycles. The Balaban J connectivity index is 2.25. The molecular formula is C14H11ClFNOS. The maximum atomic E-state index is 13.1. The van der Waals surface area contributed by atoms with Gasteiger partial charge in [-0.1, -0.05) is 11.6 Å². The molecule has 1 amide bonds. The summed E-state index contributed by atoms with van der Waals surface area (Å²) in [6, 6.07) is 9.25. The van der Waals surface area contributed by atoms with Gasteiger partial charge in [-0.25, -0.2) is 4.39 Å². The number of hydrogen-bond acceptors (Lipinski definition) is 2. The second-order valence-corrected chi connectivity index (χ2v) is 5.01. The summed E-state index contributed by atoms with van der Waals surface area (Å²) in [5, 5.41) is 3.01. The summed E-state index contributed by atoms with van der Waals surface area (Å²) >= 11 is 10.1. The smallest absolute Gasteiger partial charge is 0.257 e. The van der Waals surface area contributed by atoms with Gasteiger partial charge in [0.1, 0.15) is 5.82 Å². The summed E-state index contributed by atoms with van der Waals surface area (Å²) in [4.78, 5) is 12.7. The lowest BCUT2D eigenvalue weighted by atomic mass is 10.2. The van der Waals surface area contributed by atoms with Crippen molar-refractivity contribution in [2.24, 2.45) is 0 Å². The van der Waals surface area contributed by atoms with E-state index in [0.717, 1.165) is 0 Å². The highest BCUT2D eigenvalue weighted by molar-refractivity contribution is 7.80. The molecule has 2 nitrogen and oxygen atoms in total. The lowest BCUT2D eigenvalue weighted by Gasteiger charge is -2.08. The average molecular weight is 296 g/mol. The van der Waals surface area contributed by atoms with E-state index in [4.69, 9.17) is 11.6 Å². The molecule has 0 radical (unpaired) electrons. The van der Waals surface area contributed by atoms with E-state index in [1.807, 2.05) is 0 Å². The van der Waals surface area contributed by atoms with Crippen LogP contribution in [0.2, 0.25) is 5.02 Å². The maximum Gasteiger partial charge on any atom is 0.257 e. The van der Waals surface area contributed by atoms with Crippen LogP contribution in [0.4, 0.5) is 10.1 Å². The van der Waals surface area contributed by atoms with Gasteiger partial charge in [0.2, 0.25) is 0 Å². The molecule has 0 aliphatic heterocycles. The van der Waals surface area contributed by atoms with Crippen molar-refractivity contribution in [2.45, 2.75) is 11.8 Å². The second kappa shape index (κ2) is 5.63. The minimum Gasteiger partial charge on any atom is -0.322 e. The molecule has 2 rings (SSSR count). The van der Waals surface area contributed by atoms with Crippen molar-refractivity contribution in [3.05, 3.63) is 58.4 Å². The van der Waals surface area contributed by atoms with E-state index < -0.39 is 0 Å². The van der Waals surface area contributed by atoms with Gasteiger partial charge in [-0.3, -0.25) is 4.79 Å². The fourth-order valence-corrected chi connectivity index (χ4v) is 2.02. The van der Waals surface area contributed by atoms with Crippen LogP contribution in [0, 0.1) is 12.7 Å². The van der Waals surface area contributed by atoms with Crippen LogP contribution in [-0.4, -0.2) is 5.91 Å². The SMILES string of the molecule is Cc1cc(NC(=O)c2cc(S)ccc2Cl)ccc1F. The Bertz CT molecular complexity index is 645. The first kappa shape index (κ1) is 13.9. The highest BCUT2D eigenvalue weighted by atomic mass is 35.5. The highest BCUT2D eigenvalue weighted by Crippen LogP contribution is 2.21. The molecule has 0 saturated carbocycles. The largest absolute Gasteiger partial charge is 0.322 e. The minimum absolute atomic E-state index is 0.312. The molecule has 0 aromatic heterocycles. The molecular weight excluding hydrogens is 285 g/mol. The van der Waals surface area contributed by atoms with Gasteiger partial charge < -0.3 is 5.32 Å². The third kappa shape index (κ3) is 3.28. The number of benzene rings is 2. The van der Waals surface area contributed by atoms with Gasteiger partial charge in [0.15, 0.2) is 0 Å². The van der Waals surface area contributed by atoms with Gasteiger partial charge in [0.05, 0.1) is 10.6 Å². The fraction of sp³-hybridized carbons (Fsp3) is 0.0714. The predicted molar refractivity (Wildman–Crippen MR) is 77.8 cm³/mol. The Labute approximate surface area is 121 Å². The molecule has 19 heavy (non-hydrogen) atoms. The van der Waals surface area contributed by atoms with Gasteiger partial charge >= 0.3 is 0 Å². The lowest BCUT2D eigenvalue weighted by molar-refractivity contribution is 0.102. The number of carbonyl (C=O) groups excluding carboxylic acids is 1. The molecule has 0 fully saturated rings. The van der Waals surface area contributed by atoms with Crippen molar-refractivity contribution in [3.63, 3.8) is 0 Å². The summed E-state index contributed by atoms with van der Waals surface area (Å²) in [5.74, 6) is -0.666. The minimum atomic E-state index is -0.355. The van der Waals surface area contributed by atoms with E-state index in [0.29, 0.717) is 26.7 Å². The van der Waals surface area contributed by atoms with Crippen molar-refractivity contribution >= 4 is 35.8 Å². The first-order valence-corrected chi connectivity index (χ1v) is 6.36. The summed E-state index contributed by atoms with van der Waals surface area (Å²) in [6.45, 7) is 1.63. The van der Waals surface area contributed by atoms with Crippen molar-refractivity contribution in [2.75, 3.05) is 5.32 Å². The fourth-order valence-electron chi connectivity index (χ4n) is 1.61. The molecule has 0 unspecified atom stereocenters. The zero-order valence-electron chi connectivity index (χ0n) is 10.1. The van der Waals surface area contributed by atoms with Crippen LogP contribution in [0.3, 0.4) is 0 Å². The van der Waals surface area contributed by atoms with Gasteiger partial charge in [-0.2, -0.15) is 0 Å². The Morgan fingerprint density at radius 2 is 2.00 bits per heavy atom. The normalized spacial score (nSPS) is 10.3. The lowest BCUT2D eigenvalue weighted by Crippen LogP contribution is -2.12. The van der Waals surface area contributed by atoms with E-state index in [1.54, 1.807) is 31.2 Å². The molecule has 1 N–H and O–H groups in total. The number of hydrogen-bond donors (Lipinski definition) is 2. The van der Waals surface area contributed by atoms with Gasteiger partial charge in [-0.15, -0.1) is 12.6 Å². The number of nitrogens with one attached hydrogen (secondary N) is 1. The maximum absolute atomic E-state index is 13.1. The Hall–Kier alpha value is -1.52. The number of anilines is 1. The van der Waals surface area contributed by atoms with Gasteiger partial charge in [-0.05, 0) is 48.9 Å². The van der Waals surface area contributed by atoms with Crippen molar-refractivity contribution in [1.29, 1.82) is 0 Å². The Morgan fingerprint density at radius 1 is 1.26 bits per heavy atom. The molecule has 0 aliphatic rings. The predicted octanol–water partition coefficient (Wildman–Crippen LogP) is 4.33. The molecule has 0 atom stereocenters.